The summed E-state index contributed by atoms with van der Waals surface area (Å²) in [6.07, 6.45) is 1.42. The minimum absolute atomic E-state index is 0.196. The second kappa shape index (κ2) is 7.88. The van der Waals surface area contributed by atoms with Crippen LogP contribution in [0.15, 0.2) is 69.8 Å². The summed E-state index contributed by atoms with van der Waals surface area (Å²) in [4.78, 5) is 24.5. The Morgan fingerprint density at radius 2 is 1.77 bits per heavy atom. The summed E-state index contributed by atoms with van der Waals surface area (Å²) >= 11 is 3.33. The van der Waals surface area contributed by atoms with Crippen LogP contribution < -0.4 is 15.4 Å². The van der Waals surface area contributed by atoms with Gasteiger partial charge in [-0.2, -0.15) is 0 Å². The van der Waals surface area contributed by atoms with Crippen molar-refractivity contribution in [2.24, 2.45) is 0 Å². The molecule has 0 saturated heterocycles. The van der Waals surface area contributed by atoms with E-state index in [1.54, 1.807) is 54.6 Å². The van der Waals surface area contributed by atoms with Crippen molar-refractivity contribution in [3.8, 4) is 5.75 Å². The fourth-order valence-corrected chi connectivity index (χ4v) is 2.54. The van der Waals surface area contributed by atoms with Gasteiger partial charge in [-0.25, -0.2) is 0 Å². The third kappa shape index (κ3) is 4.12. The summed E-state index contributed by atoms with van der Waals surface area (Å²) < 4.78 is 11.2. The summed E-state index contributed by atoms with van der Waals surface area (Å²) in [5, 5.41) is 5.50. The molecule has 3 rings (SSSR count). The fraction of sp³-hybridized carbons (Fsp3) is 0.0526. The average molecular weight is 415 g/mol. The molecular weight excluding hydrogens is 400 g/mol. The highest BCUT2D eigenvalue weighted by atomic mass is 79.9. The van der Waals surface area contributed by atoms with E-state index in [4.69, 9.17) is 9.15 Å². The SMILES string of the molecule is COc1ccc(NC(=O)c2ccco2)cc1NC(=O)c1ccc(Br)cc1. The number of anilines is 2. The Kier molecular flexibility index (Phi) is 5.38. The largest absolute Gasteiger partial charge is 0.495 e. The lowest BCUT2D eigenvalue weighted by atomic mass is 10.2. The number of hydrogen-bond acceptors (Lipinski definition) is 4. The van der Waals surface area contributed by atoms with Gasteiger partial charge in [0.2, 0.25) is 0 Å². The maximum Gasteiger partial charge on any atom is 0.291 e. The van der Waals surface area contributed by atoms with Crippen LogP contribution in [0.25, 0.3) is 0 Å². The number of furan rings is 1. The van der Waals surface area contributed by atoms with E-state index in [2.05, 4.69) is 26.6 Å². The van der Waals surface area contributed by atoms with E-state index in [-0.39, 0.29) is 17.6 Å². The Bertz CT molecular complexity index is 921. The minimum Gasteiger partial charge on any atom is -0.495 e. The minimum atomic E-state index is -0.384. The van der Waals surface area contributed by atoms with Gasteiger partial charge >= 0.3 is 0 Å². The quantitative estimate of drug-likeness (QED) is 0.641. The lowest BCUT2D eigenvalue weighted by Gasteiger charge is -2.12. The Labute approximate surface area is 158 Å². The van der Waals surface area contributed by atoms with E-state index in [1.165, 1.54) is 13.4 Å². The molecule has 1 aromatic heterocycles. The van der Waals surface area contributed by atoms with Crippen LogP contribution in [-0.2, 0) is 0 Å². The number of hydrogen-bond donors (Lipinski definition) is 2. The summed E-state index contributed by atoms with van der Waals surface area (Å²) in [5.41, 5.74) is 1.44. The van der Waals surface area contributed by atoms with Crippen LogP contribution in [0.2, 0.25) is 0 Å². The number of halogens is 1. The number of carbonyl (C=O) groups is 2. The first kappa shape index (κ1) is 17.8. The number of nitrogens with one attached hydrogen (secondary N) is 2. The zero-order valence-electron chi connectivity index (χ0n) is 13.8. The molecule has 0 saturated carbocycles. The molecule has 0 fully saturated rings. The predicted molar refractivity (Wildman–Crippen MR) is 102 cm³/mol. The van der Waals surface area contributed by atoms with Crippen molar-refractivity contribution in [3.63, 3.8) is 0 Å². The van der Waals surface area contributed by atoms with E-state index in [0.717, 1.165) is 4.47 Å². The van der Waals surface area contributed by atoms with E-state index in [1.807, 2.05) is 0 Å². The van der Waals surface area contributed by atoms with Gasteiger partial charge in [-0.1, -0.05) is 15.9 Å². The molecule has 2 amide bonds. The normalized spacial score (nSPS) is 10.2. The van der Waals surface area contributed by atoms with Gasteiger partial charge in [0.25, 0.3) is 11.8 Å². The molecule has 0 aliphatic heterocycles. The van der Waals surface area contributed by atoms with Gasteiger partial charge in [-0.15, -0.1) is 0 Å². The van der Waals surface area contributed by atoms with Crippen LogP contribution in [0.5, 0.6) is 5.75 Å². The third-order valence-corrected chi connectivity index (χ3v) is 4.09. The molecule has 0 radical (unpaired) electrons. The summed E-state index contributed by atoms with van der Waals surface area (Å²) in [6.45, 7) is 0. The second-order valence-corrected chi connectivity index (χ2v) is 6.22. The standard InChI is InChI=1S/C19H15BrN2O4/c1-25-16-9-8-14(21-19(24)17-3-2-10-26-17)11-15(16)22-18(23)12-4-6-13(20)7-5-12/h2-11H,1H3,(H,21,24)(H,22,23). The van der Waals surface area contributed by atoms with Crippen LogP contribution in [0, 0.1) is 0 Å². The van der Waals surface area contributed by atoms with Gasteiger partial charge in [0.1, 0.15) is 5.75 Å². The second-order valence-electron chi connectivity index (χ2n) is 5.31. The van der Waals surface area contributed by atoms with E-state index < -0.39 is 0 Å². The van der Waals surface area contributed by atoms with Crippen LogP contribution >= 0.6 is 15.9 Å². The molecule has 132 valence electrons. The lowest BCUT2D eigenvalue weighted by Crippen LogP contribution is -2.14. The van der Waals surface area contributed by atoms with Crippen LogP contribution in [0.1, 0.15) is 20.9 Å². The first-order chi connectivity index (χ1) is 12.6. The summed E-state index contributed by atoms with van der Waals surface area (Å²) in [6, 6.07) is 15.1. The molecule has 26 heavy (non-hydrogen) atoms. The number of ether oxygens (including phenoxy) is 1. The molecule has 2 N–H and O–H groups in total. The Hall–Kier alpha value is -3.06. The molecule has 0 spiro atoms. The molecule has 0 bridgehead atoms. The Balaban J connectivity index is 1.80. The number of methoxy groups -OCH3 is 1. The van der Waals surface area contributed by atoms with Gasteiger partial charge in [0.15, 0.2) is 5.76 Å². The van der Waals surface area contributed by atoms with Crippen molar-refractivity contribution in [2.75, 3.05) is 17.7 Å². The monoisotopic (exact) mass is 414 g/mol. The zero-order valence-corrected chi connectivity index (χ0v) is 15.4. The number of carbonyl (C=O) groups excluding carboxylic acids is 2. The van der Waals surface area contributed by atoms with Gasteiger partial charge in [0, 0.05) is 15.7 Å². The molecule has 0 atom stereocenters. The number of rotatable bonds is 5. The van der Waals surface area contributed by atoms with Crippen molar-refractivity contribution in [1.29, 1.82) is 0 Å². The maximum absolute atomic E-state index is 12.4. The van der Waals surface area contributed by atoms with Crippen molar-refractivity contribution < 1.29 is 18.7 Å². The smallest absolute Gasteiger partial charge is 0.291 e. The summed E-state index contributed by atoms with van der Waals surface area (Å²) in [7, 11) is 1.51. The van der Waals surface area contributed by atoms with Crippen molar-refractivity contribution in [3.05, 3.63) is 76.7 Å². The average Bonchev–Trinajstić information content (AvgIpc) is 3.17. The van der Waals surface area contributed by atoms with Crippen LogP contribution in [0.3, 0.4) is 0 Å². The predicted octanol–water partition coefficient (Wildman–Crippen LogP) is 4.56. The van der Waals surface area contributed by atoms with Gasteiger partial charge < -0.3 is 19.8 Å². The first-order valence-electron chi connectivity index (χ1n) is 7.66. The molecule has 2 aromatic carbocycles. The first-order valence-corrected chi connectivity index (χ1v) is 8.46. The van der Waals surface area contributed by atoms with Crippen molar-refractivity contribution >= 4 is 39.1 Å². The highest BCUT2D eigenvalue weighted by molar-refractivity contribution is 9.10. The highest BCUT2D eigenvalue weighted by Crippen LogP contribution is 2.28. The fourth-order valence-electron chi connectivity index (χ4n) is 2.28. The summed E-state index contributed by atoms with van der Waals surface area (Å²) in [5.74, 6) is 0.00314. The molecule has 6 nitrogen and oxygen atoms in total. The van der Waals surface area contributed by atoms with Gasteiger partial charge in [-0.05, 0) is 54.6 Å². The molecule has 7 heteroatoms. The third-order valence-electron chi connectivity index (χ3n) is 3.56. The number of benzene rings is 2. The van der Waals surface area contributed by atoms with Crippen LogP contribution in [0.4, 0.5) is 11.4 Å². The maximum atomic E-state index is 12.4. The molecular formula is C19H15BrN2O4. The molecule has 0 aliphatic carbocycles. The van der Waals surface area contributed by atoms with E-state index in [0.29, 0.717) is 22.7 Å². The Morgan fingerprint density at radius 3 is 2.42 bits per heavy atom. The van der Waals surface area contributed by atoms with Crippen molar-refractivity contribution in [2.45, 2.75) is 0 Å². The van der Waals surface area contributed by atoms with E-state index in [9.17, 15) is 9.59 Å². The topological polar surface area (TPSA) is 80.6 Å². The van der Waals surface area contributed by atoms with Gasteiger partial charge in [0.05, 0.1) is 19.1 Å². The molecule has 3 aromatic rings. The zero-order chi connectivity index (χ0) is 18.5. The number of amides is 2. The lowest BCUT2D eigenvalue weighted by molar-refractivity contribution is 0.0995. The van der Waals surface area contributed by atoms with Gasteiger partial charge in [-0.3, -0.25) is 9.59 Å². The Morgan fingerprint density at radius 1 is 1.00 bits per heavy atom. The molecule has 0 aliphatic rings. The van der Waals surface area contributed by atoms with Crippen molar-refractivity contribution in [1.82, 2.24) is 0 Å². The molecule has 1 heterocycles. The van der Waals surface area contributed by atoms with E-state index >= 15 is 0 Å². The van der Waals surface area contributed by atoms with Crippen LogP contribution in [-0.4, -0.2) is 18.9 Å². The highest BCUT2D eigenvalue weighted by Gasteiger charge is 2.13. The molecule has 0 unspecified atom stereocenters.